The number of hydrogen-bond donors (Lipinski definition) is 1. The Kier molecular flexibility index (Phi) is 4.21. The minimum Gasteiger partial charge on any atom is -0.455 e. The fourth-order valence-electron chi connectivity index (χ4n) is 2.70. The fraction of sp³-hybridized carbons (Fsp3) is 0.375. The Morgan fingerprint density at radius 1 is 1.39 bits per heavy atom. The molecule has 7 heteroatoms. The summed E-state index contributed by atoms with van der Waals surface area (Å²) in [7, 11) is -2.96. The van der Waals surface area contributed by atoms with Crippen LogP contribution in [0.3, 0.4) is 0 Å². The third-order valence-electron chi connectivity index (χ3n) is 3.93. The molecule has 122 valence electrons. The van der Waals surface area contributed by atoms with E-state index in [1.165, 1.54) is 0 Å². The first-order valence-corrected chi connectivity index (χ1v) is 9.27. The van der Waals surface area contributed by atoms with Crippen LogP contribution in [0.25, 0.3) is 11.0 Å². The lowest BCUT2D eigenvalue weighted by Crippen LogP contribution is -2.22. The predicted octanol–water partition coefficient (Wildman–Crippen LogP) is 2.10. The summed E-state index contributed by atoms with van der Waals surface area (Å²) in [6, 6.07) is 9.48. The summed E-state index contributed by atoms with van der Waals surface area (Å²) in [6.45, 7) is 1.75. The average Bonchev–Trinajstić information content (AvgIpc) is 3.07. The van der Waals surface area contributed by atoms with Crippen molar-refractivity contribution in [2.45, 2.75) is 19.8 Å². The molecule has 0 spiro atoms. The summed E-state index contributed by atoms with van der Waals surface area (Å²) in [5.41, 5.74) is 3.80. The van der Waals surface area contributed by atoms with Gasteiger partial charge < -0.3 is 4.42 Å². The highest BCUT2D eigenvalue weighted by molar-refractivity contribution is 7.91. The van der Waals surface area contributed by atoms with Gasteiger partial charge in [0.25, 0.3) is 0 Å². The summed E-state index contributed by atoms with van der Waals surface area (Å²) in [5, 5.41) is 5.01. The average molecular weight is 334 g/mol. The molecular formula is C16H18N2O4S. The molecule has 0 unspecified atom stereocenters. The lowest BCUT2D eigenvalue weighted by molar-refractivity contribution is -0.121. The van der Waals surface area contributed by atoms with Gasteiger partial charge in [-0.1, -0.05) is 18.2 Å². The van der Waals surface area contributed by atoms with Crippen molar-refractivity contribution in [3.63, 3.8) is 0 Å². The van der Waals surface area contributed by atoms with Crippen molar-refractivity contribution in [1.29, 1.82) is 0 Å². The molecule has 1 aromatic heterocycles. The number of amides is 1. The van der Waals surface area contributed by atoms with Crippen LogP contribution in [0.1, 0.15) is 25.5 Å². The maximum Gasteiger partial charge on any atom is 0.240 e. The molecule has 23 heavy (non-hydrogen) atoms. The second-order valence-electron chi connectivity index (χ2n) is 5.85. The number of para-hydroxylation sites is 1. The maximum absolute atomic E-state index is 11.9. The topological polar surface area (TPSA) is 88.7 Å². The molecular weight excluding hydrogens is 316 g/mol. The molecule has 1 fully saturated rings. The van der Waals surface area contributed by atoms with Crippen LogP contribution in [-0.2, 0) is 14.6 Å². The lowest BCUT2D eigenvalue weighted by Gasteiger charge is -2.05. The molecule has 1 aliphatic heterocycles. The van der Waals surface area contributed by atoms with Crippen molar-refractivity contribution in [1.82, 2.24) is 5.43 Å². The van der Waals surface area contributed by atoms with Crippen LogP contribution in [0.2, 0.25) is 0 Å². The van der Waals surface area contributed by atoms with E-state index in [2.05, 4.69) is 10.5 Å². The van der Waals surface area contributed by atoms with Crippen molar-refractivity contribution in [2.75, 3.05) is 11.5 Å². The van der Waals surface area contributed by atoms with E-state index in [9.17, 15) is 13.2 Å². The van der Waals surface area contributed by atoms with Gasteiger partial charge in [0, 0.05) is 11.8 Å². The van der Waals surface area contributed by atoms with Crippen LogP contribution in [-0.4, -0.2) is 31.5 Å². The molecule has 1 saturated heterocycles. The van der Waals surface area contributed by atoms with E-state index in [4.69, 9.17) is 4.42 Å². The second-order valence-corrected chi connectivity index (χ2v) is 8.08. The number of benzene rings is 1. The van der Waals surface area contributed by atoms with E-state index in [1.807, 2.05) is 30.3 Å². The SMILES string of the molecule is C/C(=N/NC(=O)C[C@@H]1CCS(=O)(=O)C1)c1cc2ccccc2o1. The van der Waals surface area contributed by atoms with Crippen molar-refractivity contribution < 1.29 is 17.6 Å². The third kappa shape index (κ3) is 3.79. The van der Waals surface area contributed by atoms with Gasteiger partial charge in [-0.25, -0.2) is 13.8 Å². The predicted molar refractivity (Wildman–Crippen MR) is 87.9 cm³/mol. The Labute approximate surface area is 134 Å². The zero-order valence-corrected chi connectivity index (χ0v) is 13.6. The van der Waals surface area contributed by atoms with Gasteiger partial charge in [0.2, 0.25) is 5.91 Å². The number of sulfone groups is 1. The van der Waals surface area contributed by atoms with Gasteiger partial charge in [0.1, 0.15) is 11.3 Å². The van der Waals surface area contributed by atoms with Crippen LogP contribution in [0.5, 0.6) is 0 Å². The molecule has 0 aliphatic carbocycles. The number of nitrogens with one attached hydrogen (secondary N) is 1. The van der Waals surface area contributed by atoms with E-state index in [-0.39, 0.29) is 29.8 Å². The number of rotatable bonds is 4. The van der Waals surface area contributed by atoms with Crippen LogP contribution in [0, 0.1) is 5.92 Å². The molecule has 0 radical (unpaired) electrons. The molecule has 2 heterocycles. The number of hydrazone groups is 1. The highest BCUT2D eigenvalue weighted by Gasteiger charge is 2.29. The summed E-state index contributed by atoms with van der Waals surface area (Å²) in [6.07, 6.45) is 0.720. The summed E-state index contributed by atoms with van der Waals surface area (Å²) >= 11 is 0. The zero-order valence-electron chi connectivity index (χ0n) is 12.8. The zero-order chi connectivity index (χ0) is 16.4. The Morgan fingerprint density at radius 2 is 2.17 bits per heavy atom. The third-order valence-corrected chi connectivity index (χ3v) is 5.77. The number of furan rings is 1. The number of hydrogen-bond acceptors (Lipinski definition) is 5. The van der Waals surface area contributed by atoms with Gasteiger partial charge in [-0.05, 0) is 31.4 Å². The van der Waals surface area contributed by atoms with Gasteiger partial charge >= 0.3 is 0 Å². The van der Waals surface area contributed by atoms with Gasteiger partial charge in [0.15, 0.2) is 15.6 Å². The normalized spacial score (nSPS) is 20.7. The van der Waals surface area contributed by atoms with E-state index in [1.54, 1.807) is 6.92 Å². The van der Waals surface area contributed by atoms with E-state index in [0.717, 1.165) is 11.0 Å². The minimum absolute atomic E-state index is 0.0900. The largest absolute Gasteiger partial charge is 0.455 e. The molecule has 1 aliphatic rings. The summed E-state index contributed by atoms with van der Waals surface area (Å²) in [5.74, 6) is 0.470. The molecule has 1 N–H and O–H groups in total. The molecule has 1 aromatic carbocycles. The molecule has 1 atom stereocenters. The van der Waals surface area contributed by atoms with E-state index >= 15 is 0 Å². The molecule has 0 bridgehead atoms. The van der Waals surface area contributed by atoms with E-state index < -0.39 is 9.84 Å². The highest BCUT2D eigenvalue weighted by Crippen LogP contribution is 2.21. The Balaban J connectivity index is 1.61. The summed E-state index contributed by atoms with van der Waals surface area (Å²) in [4.78, 5) is 11.9. The van der Waals surface area contributed by atoms with E-state index in [0.29, 0.717) is 17.9 Å². The Hall–Kier alpha value is -2.15. The van der Waals surface area contributed by atoms with Crippen molar-refractivity contribution in [3.05, 3.63) is 36.1 Å². The monoisotopic (exact) mass is 334 g/mol. The van der Waals surface area contributed by atoms with Gasteiger partial charge in [-0.15, -0.1) is 0 Å². The van der Waals surface area contributed by atoms with Crippen LogP contribution in [0.4, 0.5) is 0 Å². The standard InChI is InChI=1S/C16H18N2O4S/c1-11(15-9-13-4-2-3-5-14(13)22-15)17-18-16(19)8-12-6-7-23(20,21)10-12/h2-5,9,12H,6-8,10H2,1H3,(H,18,19)/b17-11-/t12-/m0/s1. The number of carbonyl (C=O) groups is 1. The van der Waals surface area contributed by atoms with Gasteiger partial charge in [0.05, 0.1) is 11.5 Å². The number of carbonyl (C=O) groups excluding carboxylic acids is 1. The quantitative estimate of drug-likeness (QED) is 0.685. The maximum atomic E-state index is 11.9. The van der Waals surface area contributed by atoms with Crippen LogP contribution >= 0.6 is 0 Å². The molecule has 0 saturated carbocycles. The summed E-state index contributed by atoms with van der Waals surface area (Å²) < 4.78 is 28.4. The first-order valence-electron chi connectivity index (χ1n) is 7.45. The second kappa shape index (κ2) is 6.16. The van der Waals surface area contributed by atoms with Gasteiger partial charge in [-0.3, -0.25) is 4.79 Å². The lowest BCUT2D eigenvalue weighted by atomic mass is 10.1. The fourth-order valence-corrected chi connectivity index (χ4v) is 4.56. The van der Waals surface area contributed by atoms with Crippen molar-refractivity contribution in [2.24, 2.45) is 11.0 Å². The first kappa shape index (κ1) is 15.7. The van der Waals surface area contributed by atoms with Crippen molar-refractivity contribution >= 4 is 32.4 Å². The van der Waals surface area contributed by atoms with Crippen molar-refractivity contribution in [3.8, 4) is 0 Å². The van der Waals surface area contributed by atoms with Gasteiger partial charge in [-0.2, -0.15) is 5.10 Å². The van der Waals surface area contributed by atoms with Crippen LogP contribution < -0.4 is 5.43 Å². The molecule has 6 nitrogen and oxygen atoms in total. The Bertz CT molecular complexity index is 834. The minimum atomic E-state index is -2.96. The number of nitrogens with zero attached hydrogens (tertiary/aromatic N) is 1. The molecule has 3 rings (SSSR count). The number of fused-ring (bicyclic) bond motifs is 1. The van der Waals surface area contributed by atoms with Crippen LogP contribution in [0.15, 0.2) is 39.9 Å². The smallest absolute Gasteiger partial charge is 0.240 e. The molecule has 1 amide bonds. The Morgan fingerprint density at radius 3 is 2.87 bits per heavy atom. The first-order chi connectivity index (χ1) is 10.9. The highest BCUT2D eigenvalue weighted by atomic mass is 32.2. The molecule has 2 aromatic rings.